The summed E-state index contributed by atoms with van der Waals surface area (Å²) in [6, 6.07) is 3.83. The smallest absolute Gasteiger partial charge is 0.107 e. The molecule has 0 spiro atoms. The van der Waals surface area contributed by atoms with Gasteiger partial charge in [0.25, 0.3) is 0 Å². The molecule has 1 radical (unpaired) electrons. The van der Waals surface area contributed by atoms with Gasteiger partial charge in [0.05, 0.1) is 6.26 Å². The minimum absolute atomic E-state index is 0.844. The number of rotatable bonds is 2. The SMILES string of the molecule is [CH2]/C=C/Cc1ccco1. The first-order valence-electron chi connectivity index (χ1n) is 2.90. The Morgan fingerprint density at radius 1 is 1.67 bits per heavy atom. The molecule has 1 aromatic rings. The Morgan fingerprint density at radius 3 is 3.11 bits per heavy atom. The first kappa shape index (κ1) is 6.14. The molecular formula is C8H9O. The average molecular weight is 121 g/mol. The zero-order valence-corrected chi connectivity index (χ0v) is 5.21. The number of hydrogen-bond acceptors (Lipinski definition) is 1. The first-order chi connectivity index (χ1) is 4.43. The Labute approximate surface area is 55.0 Å². The standard InChI is InChI=1S/C8H9O/c1-2-3-5-8-6-4-7-9-8/h2-4,6-7H,1,5H2/b3-2+. The van der Waals surface area contributed by atoms with Crippen LogP contribution in [0.2, 0.25) is 0 Å². The highest BCUT2D eigenvalue weighted by molar-refractivity contribution is 5.03. The highest BCUT2D eigenvalue weighted by Crippen LogP contribution is 2.00. The molecular weight excluding hydrogens is 112 g/mol. The molecule has 0 saturated heterocycles. The van der Waals surface area contributed by atoms with Crippen molar-refractivity contribution in [1.82, 2.24) is 0 Å². The molecule has 0 aromatic carbocycles. The molecule has 0 saturated carbocycles. The van der Waals surface area contributed by atoms with Gasteiger partial charge >= 0.3 is 0 Å². The Kier molecular flexibility index (Phi) is 2.13. The van der Waals surface area contributed by atoms with Crippen LogP contribution in [0.1, 0.15) is 5.76 Å². The summed E-state index contributed by atoms with van der Waals surface area (Å²) >= 11 is 0. The monoisotopic (exact) mass is 121 g/mol. The third-order valence-electron chi connectivity index (χ3n) is 1.07. The van der Waals surface area contributed by atoms with Crippen LogP contribution in [0.3, 0.4) is 0 Å². The largest absolute Gasteiger partial charge is 0.469 e. The van der Waals surface area contributed by atoms with Crippen molar-refractivity contribution in [3.05, 3.63) is 43.2 Å². The fraction of sp³-hybridized carbons (Fsp3) is 0.125. The maximum Gasteiger partial charge on any atom is 0.107 e. The molecule has 0 N–H and O–H groups in total. The lowest BCUT2D eigenvalue weighted by Gasteiger charge is -1.83. The lowest BCUT2D eigenvalue weighted by molar-refractivity contribution is 0.523. The second-order valence-electron chi connectivity index (χ2n) is 1.75. The summed E-state index contributed by atoms with van der Waals surface area (Å²) in [6.45, 7) is 3.56. The molecule has 0 aliphatic heterocycles. The number of hydrogen-bond donors (Lipinski definition) is 0. The van der Waals surface area contributed by atoms with E-state index in [4.69, 9.17) is 4.42 Å². The normalized spacial score (nSPS) is 10.8. The van der Waals surface area contributed by atoms with Gasteiger partial charge in [-0.2, -0.15) is 0 Å². The number of furan rings is 1. The fourth-order valence-corrected chi connectivity index (χ4v) is 0.628. The van der Waals surface area contributed by atoms with Crippen LogP contribution in [0, 0.1) is 6.92 Å². The zero-order valence-electron chi connectivity index (χ0n) is 5.21. The van der Waals surface area contributed by atoms with E-state index < -0.39 is 0 Å². The Hall–Kier alpha value is -0.980. The highest BCUT2D eigenvalue weighted by Gasteiger charge is 1.87. The van der Waals surface area contributed by atoms with Crippen molar-refractivity contribution in [1.29, 1.82) is 0 Å². The van der Waals surface area contributed by atoms with E-state index in [1.54, 1.807) is 12.3 Å². The molecule has 0 aliphatic carbocycles. The first-order valence-corrected chi connectivity index (χ1v) is 2.90. The summed E-state index contributed by atoms with van der Waals surface area (Å²) in [5.74, 6) is 0.981. The van der Waals surface area contributed by atoms with Crippen molar-refractivity contribution >= 4 is 0 Å². The van der Waals surface area contributed by atoms with Crippen LogP contribution in [0.5, 0.6) is 0 Å². The second kappa shape index (κ2) is 3.13. The van der Waals surface area contributed by atoms with Gasteiger partial charge in [-0.25, -0.2) is 0 Å². The highest BCUT2D eigenvalue weighted by atomic mass is 16.3. The van der Waals surface area contributed by atoms with E-state index >= 15 is 0 Å². The minimum Gasteiger partial charge on any atom is -0.469 e. The van der Waals surface area contributed by atoms with Gasteiger partial charge in [0.15, 0.2) is 0 Å². The van der Waals surface area contributed by atoms with Crippen LogP contribution in [-0.2, 0) is 6.42 Å². The topological polar surface area (TPSA) is 13.1 Å². The maximum absolute atomic E-state index is 5.06. The maximum atomic E-state index is 5.06. The Bertz CT molecular complexity index is 172. The van der Waals surface area contributed by atoms with Gasteiger partial charge in [0.2, 0.25) is 0 Å². The fourth-order valence-electron chi connectivity index (χ4n) is 0.628. The summed E-state index contributed by atoms with van der Waals surface area (Å²) in [5, 5.41) is 0. The van der Waals surface area contributed by atoms with Crippen LogP contribution in [0.15, 0.2) is 35.0 Å². The van der Waals surface area contributed by atoms with Crippen LogP contribution in [0.25, 0.3) is 0 Å². The van der Waals surface area contributed by atoms with Gasteiger partial charge in [0, 0.05) is 6.42 Å². The van der Waals surface area contributed by atoms with Gasteiger partial charge in [-0.3, -0.25) is 0 Å². The lowest BCUT2D eigenvalue weighted by atomic mass is 10.3. The summed E-state index contributed by atoms with van der Waals surface area (Å²) in [6.07, 6.45) is 6.24. The average Bonchev–Trinajstić information content (AvgIpc) is 2.34. The third-order valence-corrected chi connectivity index (χ3v) is 1.07. The van der Waals surface area contributed by atoms with E-state index in [0.717, 1.165) is 12.2 Å². The summed E-state index contributed by atoms with van der Waals surface area (Å²) in [4.78, 5) is 0. The molecule has 1 rings (SSSR count). The molecule has 47 valence electrons. The van der Waals surface area contributed by atoms with E-state index in [1.165, 1.54) is 0 Å². The molecule has 0 fully saturated rings. The lowest BCUT2D eigenvalue weighted by Crippen LogP contribution is -1.71. The van der Waals surface area contributed by atoms with Crippen molar-refractivity contribution in [3.8, 4) is 0 Å². The summed E-state index contributed by atoms with van der Waals surface area (Å²) in [7, 11) is 0. The molecule has 1 heterocycles. The van der Waals surface area contributed by atoms with Crippen LogP contribution in [-0.4, -0.2) is 0 Å². The zero-order chi connectivity index (χ0) is 6.53. The van der Waals surface area contributed by atoms with Crippen molar-refractivity contribution < 1.29 is 4.42 Å². The van der Waals surface area contributed by atoms with E-state index in [1.807, 2.05) is 18.2 Å². The van der Waals surface area contributed by atoms with Crippen LogP contribution >= 0.6 is 0 Å². The molecule has 1 heteroatoms. The van der Waals surface area contributed by atoms with Gasteiger partial charge < -0.3 is 4.42 Å². The predicted octanol–water partition coefficient (Wildman–Crippen LogP) is 2.21. The predicted molar refractivity (Wildman–Crippen MR) is 36.9 cm³/mol. The van der Waals surface area contributed by atoms with E-state index in [9.17, 15) is 0 Å². The van der Waals surface area contributed by atoms with Gasteiger partial charge in [-0.15, -0.1) is 0 Å². The van der Waals surface area contributed by atoms with Crippen molar-refractivity contribution in [2.45, 2.75) is 6.42 Å². The van der Waals surface area contributed by atoms with Crippen molar-refractivity contribution in [2.24, 2.45) is 0 Å². The molecule has 0 atom stereocenters. The van der Waals surface area contributed by atoms with Crippen LogP contribution < -0.4 is 0 Å². The molecule has 0 amide bonds. The second-order valence-corrected chi connectivity index (χ2v) is 1.75. The molecule has 9 heavy (non-hydrogen) atoms. The summed E-state index contributed by atoms with van der Waals surface area (Å²) < 4.78 is 5.06. The molecule has 1 aromatic heterocycles. The molecule has 0 aliphatic rings. The Balaban J connectivity index is 2.48. The van der Waals surface area contributed by atoms with Crippen LogP contribution in [0.4, 0.5) is 0 Å². The Morgan fingerprint density at radius 2 is 2.56 bits per heavy atom. The van der Waals surface area contributed by atoms with Crippen molar-refractivity contribution in [3.63, 3.8) is 0 Å². The van der Waals surface area contributed by atoms with E-state index in [-0.39, 0.29) is 0 Å². The molecule has 1 nitrogen and oxygen atoms in total. The molecule has 0 unspecified atom stereocenters. The van der Waals surface area contributed by atoms with Gasteiger partial charge in [0.1, 0.15) is 5.76 Å². The van der Waals surface area contributed by atoms with Gasteiger partial charge in [-0.05, 0) is 19.1 Å². The quantitative estimate of drug-likeness (QED) is 0.584. The van der Waals surface area contributed by atoms with Gasteiger partial charge in [-0.1, -0.05) is 12.2 Å². The molecule has 0 bridgehead atoms. The third kappa shape index (κ3) is 1.76. The van der Waals surface area contributed by atoms with E-state index in [2.05, 4.69) is 6.92 Å². The minimum atomic E-state index is 0.844. The van der Waals surface area contributed by atoms with E-state index in [0.29, 0.717) is 0 Å². The summed E-state index contributed by atoms with van der Waals surface area (Å²) in [5.41, 5.74) is 0. The van der Waals surface area contributed by atoms with Crippen molar-refractivity contribution in [2.75, 3.05) is 0 Å². The number of allylic oxidation sites excluding steroid dienone is 2.